The molecule has 0 aliphatic heterocycles. The van der Waals surface area contributed by atoms with Gasteiger partial charge in [-0.2, -0.15) is 8.42 Å². The van der Waals surface area contributed by atoms with Crippen molar-refractivity contribution in [1.29, 1.82) is 0 Å². The molecule has 62 valence electrons. The second-order valence-corrected chi connectivity index (χ2v) is 3.66. The molecule has 1 rings (SSSR count). The average Bonchev–Trinajstić information content (AvgIpc) is 1.85. The summed E-state index contributed by atoms with van der Waals surface area (Å²) < 4.78 is 29.2. The molecule has 12 heavy (non-hydrogen) atoms. The summed E-state index contributed by atoms with van der Waals surface area (Å²) in [5.74, 6) is -0.312. The normalized spacial score (nSPS) is 10.4. The maximum Gasteiger partial charge on any atom is 0.269 e. The number of rotatable bonds is 2. The maximum absolute atomic E-state index is 10.4. The molecule has 0 saturated heterocycles. The molecule has 0 aliphatic carbocycles. The van der Waals surface area contributed by atoms with Crippen LogP contribution in [0.3, 0.4) is 0 Å². The van der Waals surface area contributed by atoms with Crippen molar-refractivity contribution in [2.75, 3.05) is 0 Å². The van der Waals surface area contributed by atoms with E-state index in [2.05, 4.69) is 0 Å². The van der Waals surface area contributed by atoms with E-state index in [9.17, 15) is 8.42 Å². The van der Waals surface area contributed by atoms with Gasteiger partial charge in [-0.25, -0.2) is 0 Å². The zero-order chi connectivity index (χ0) is 8.32. The zero-order valence-corrected chi connectivity index (χ0v) is 9.50. The Hall–Kier alpha value is 0.390. The molecule has 1 aromatic rings. The van der Waals surface area contributed by atoms with E-state index in [1.165, 1.54) is 0 Å². The van der Waals surface area contributed by atoms with E-state index in [4.69, 9.17) is 4.55 Å². The van der Waals surface area contributed by atoms with Crippen molar-refractivity contribution < 1.29 is 13.0 Å². The predicted octanol–water partition coefficient (Wildman–Crippen LogP) is 0.694. The Labute approximate surface area is 102 Å². The fourth-order valence-corrected chi connectivity index (χ4v) is 1.40. The molecule has 3 nitrogen and oxygen atoms in total. The van der Waals surface area contributed by atoms with Crippen LogP contribution in [0.2, 0.25) is 0 Å². The molecule has 0 heterocycles. The van der Waals surface area contributed by atoms with Crippen LogP contribution in [-0.2, 0) is 15.9 Å². The largest absolute Gasteiger partial charge is 0.285 e. The molecule has 0 unspecified atom stereocenters. The van der Waals surface area contributed by atoms with Crippen molar-refractivity contribution in [2.24, 2.45) is 0 Å². The molecule has 2 radical (unpaired) electrons. The van der Waals surface area contributed by atoms with Gasteiger partial charge in [-0.1, -0.05) is 30.3 Å². The van der Waals surface area contributed by atoms with Crippen LogP contribution in [0.25, 0.3) is 0 Å². The fraction of sp³-hybridized carbons (Fsp3) is 0.143. The summed E-state index contributed by atoms with van der Waals surface area (Å²) in [6.07, 6.45) is 0. The van der Waals surface area contributed by atoms with Crippen LogP contribution < -0.4 is 0 Å². The smallest absolute Gasteiger partial charge is 0.269 e. The SMILES string of the molecule is O=S(=O)(O)Cc1ccccc1.[Ca]. The minimum Gasteiger partial charge on any atom is -0.285 e. The minimum atomic E-state index is -3.88. The molecule has 1 N–H and O–H groups in total. The molecule has 0 atom stereocenters. The molecular weight excluding hydrogens is 204 g/mol. The van der Waals surface area contributed by atoms with Crippen molar-refractivity contribution in [3.05, 3.63) is 35.9 Å². The molecule has 0 saturated carbocycles. The first-order valence-electron chi connectivity index (χ1n) is 3.07. The summed E-state index contributed by atoms with van der Waals surface area (Å²) in [7, 11) is -3.88. The van der Waals surface area contributed by atoms with Gasteiger partial charge in [0.2, 0.25) is 0 Å². The molecule has 5 heteroatoms. The van der Waals surface area contributed by atoms with Crippen LogP contribution in [0, 0.1) is 0 Å². The van der Waals surface area contributed by atoms with Crippen LogP contribution in [0.5, 0.6) is 0 Å². The molecule has 0 fully saturated rings. The summed E-state index contributed by atoms with van der Waals surface area (Å²) in [6, 6.07) is 8.52. The first kappa shape index (κ1) is 12.4. The summed E-state index contributed by atoms with van der Waals surface area (Å²) in [6.45, 7) is 0. The van der Waals surface area contributed by atoms with E-state index in [1.54, 1.807) is 30.3 Å². The summed E-state index contributed by atoms with van der Waals surface area (Å²) in [5.41, 5.74) is 0.593. The van der Waals surface area contributed by atoms with Gasteiger partial charge < -0.3 is 0 Å². The van der Waals surface area contributed by atoms with Crippen LogP contribution in [-0.4, -0.2) is 50.7 Å². The zero-order valence-electron chi connectivity index (χ0n) is 6.47. The predicted molar refractivity (Wildman–Crippen MR) is 47.4 cm³/mol. The summed E-state index contributed by atoms with van der Waals surface area (Å²) in [5, 5.41) is 0. The first-order valence-corrected chi connectivity index (χ1v) is 4.68. The van der Waals surface area contributed by atoms with E-state index in [0.29, 0.717) is 5.56 Å². The van der Waals surface area contributed by atoms with Gasteiger partial charge in [0, 0.05) is 37.7 Å². The van der Waals surface area contributed by atoms with Crippen LogP contribution in [0.15, 0.2) is 30.3 Å². The number of benzene rings is 1. The summed E-state index contributed by atoms with van der Waals surface area (Å²) >= 11 is 0. The van der Waals surface area contributed by atoms with Gasteiger partial charge in [-0.3, -0.25) is 4.55 Å². The van der Waals surface area contributed by atoms with Crippen molar-refractivity contribution in [3.63, 3.8) is 0 Å². The molecule has 0 spiro atoms. The fourth-order valence-electron chi connectivity index (χ4n) is 0.785. The van der Waals surface area contributed by atoms with Crippen LogP contribution >= 0.6 is 0 Å². The van der Waals surface area contributed by atoms with Crippen molar-refractivity contribution in [2.45, 2.75) is 5.75 Å². The van der Waals surface area contributed by atoms with Gasteiger partial charge in [-0.15, -0.1) is 0 Å². The Kier molecular flexibility index (Phi) is 5.36. The number of hydrogen-bond donors (Lipinski definition) is 1. The molecule has 0 bridgehead atoms. The Morgan fingerprint density at radius 2 is 1.67 bits per heavy atom. The Morgan fingerprint density at radius 1 is 1.17 bits per heavy atom. The van der Waals surface area contributed by atoms with Gasteiger partial charge in [0.1, 0.15) is 5.75 Å². The quantitative estimate of drug-likeness (QED) is 0.580. The van der Waals surface area contributed by atoms with E-state index < -0.39 is 10.1 Å². The first-order chi connectivity index (χ1) is 5.08. The Bertz CT molecular complexity index is 320. The summed E-state index contributed by atoms with van der Waals surface area (Å²) in [4.78, 5) is 0. The molecule has 0 aromatic heterocycles. The standard InChI is InChI=1S/C7H8O3S.Ca/c8-11(9,10)6-7-4-2-1-3-5-7;/h1-5H,6H2,(H,8,9,10);. The molecule has 1 aromatic carbocycles. The van der Waals surface area contributed by atoms with E-state index in [1.807, 2.05) is 0 Å². The van der Waals surface area contributed by atoms with Crippen LogP contribution in [0.1, 0.15) is 5.56 Å². The molecule has 0 amide bonds. The third kappa shape index (κ3) is 5.11. The average molecular weight is 212 g/mol. The van der Waals surface area contributed by atoms with Gasteiger partial charge >= 0.3 is 0 Å². The van der Waals surface area contributed by atoms with Crippen molar-refractivity contribution >= 4 is 47.9 Å². The van der Waals surface area contributed by atoms with Crippen molar-refractivity contribution in [3.8, 4) is 0 Å². The Morgan fingerprint density at radius 3 is 2.08 bits per heavy atom. The third-order valence-electron chi connectivity index (χ3n) is 1.19. The van der Waals surface area contributed by atoms with Gasteiger partial charge in [0.25, 0.3) is 10.1 Å². The van der Waals surface area contributed by atoms with Gasteiger partial charge in [0.05, 0.1) is 0 Å². The van der Waals surface area contributed by atoms with E-state index >= 15 is 0 Å². The van der Waals surface area contributed by atoms with Gasteiger partial charge in [0.15, 0.2) is 0 Å². The third-order valence-corrected chi connectivity index (χ3v) is 1.89. The van der Waals surface area contributed by atoms with E-state index in [0.717, 1.165) is 0 Å². The second-order valence-electron chi connectivity index (χ2n) is 2.21. The second kappa shape index (κ2) is 5.19. The molecule has 0 aliphatic rings. The van der Waals surface area contributed by atoms with Gasteiger partial charge in [-0.05, 0) is 5.56 Å². The topological polar surface area (TPSA) is 54.4 Å². The minimum absolute atomic E-state index is 0. The van der Waals surface area contributed by atoms with Crippen molar-refractivity contribution in [1.82, 2.24) is 0 Å². The maximum atomic E-state index is 10.4. The Balaban J connectivity index is 0.00000121. The molecular formula is C7H8CaO3S. The monoisotopic (exact) mass is 212 g/mol. The van der Waals surface area contributed by atoms with E-state index in [-0.39, 0.29) is 43.5 Å². The van der Waals surface area contributed by atoms with Crippen LogP contribution in [0.4, 0.5) is 0 Å². The number of hydrogen-bond acceptors (Lipinski definition) is 2.